The fraction of sp³-hybridized carbons (Fsp3) is 0.529. The first kappa shape index (κ1) is 14.9. The molecule has 2 aliphatic heterocycles. The molecule has 0 bridgehead atoms. The molecule has 0 N–H and O–H groups in total. The normalized spacial score (nSPS) is 18.4. The van der Waals surface area contributed by atoms with Crippen molar-refractivity contribution in [3.05, 3.63) is 28.8 Å². The largest absolute Gasteiger partial charge is 0.468 e. The van der Waals surface area contributed by atoms with Crippen LogP contribution in [0.5, 0.6) is 0 Å². The lowest BCUT2D eigenvalue weighted by molar-refractivity contribution is -0.168. The highest BCUT2D eigenvalue weighted by Gasteiger charge is 2.53. The highest BCUT2D eigenvalue weighted by atomic mass is 16.5. The van der Waals surface area contributed by atoms with E-state index in [0.29, 0.717) is 13.0 Å². The average Bonchev–Trinajstić information content (AvgIpc) is 2.52. The van der Waals surface area contributed by atoms with Crippen LogP contribution in [0.15, 0.2) is 12.1 Å². The molecule has 1 aromatic carbocycles. The summed E-state index contributed by atoms with van der Waals surface area (Å²) in [5.41, 5.74) is 3.43. The van der Waals surface area contributed by atoms with Crippen molar-refractivity contribution in [1.29, 1.82) is 0 Å². The molecular weight excluding hydrogens is 282 g/mol. The second-order valence-electron chi connectivity index (χ2n) is 6.20. The molecule has 0 saturated carbocycles. The van der Waals surface area contributed by atoms with E-state index >= 15 is 0 Å². The Balaban J connectivity index is 2.14. The molecule has 5 nitrogen and oxygen atoms in total. The molecule has 0 unspecified atom stereocenters. The highest BCUT2D eigenvalue weighted by molar-refractivity contribution is 6.02. The number of benzene rings is 1. The van der Waals surface area contributed by atoms with Crippen molar-refractivity contribution in [2.75, 3.05) is 32.2 Å². The van der Waals surface area contributed by atoms with E-state index in [4.69, 9.17) is 9.47 Å². The van der Waals surface area contributed by atoms with E-state index in [9.17, 15) is 9.59 Å². The molecule has 1 aromatic rings. The van der Waals surface area contributed by atoms with Gasteiger partial charge in [0.2, 0.25) is 0 Å². The van der Waals surface area contributed by atoms with E-state index in [-0.39, 0.29) is 0 Å². The molecular formula is C17H21NO4. The Morgan fingerprint density at radius 1 is 1.14 bits per heavy atom. The summed E-state index contributed by atoms with van der Waals surface area (Å²) in [6.45, 7) is 3.22. The predicted molar refractivity (Wildman–Crippen MR) is 81.9 cm³/mol. The summed E-state index contributed by atoms with van der Waals surface area (Å²) in [5.74, 6) is -1.03. The van der Waals surface area contributed by atoms with Crippen LogP contribution in [0, 0.1) is 12.3 Å². The molecule has 118 valence electrons. The van der Waals surface area contributed by atoms with Gasteiger partial charge in [0, 0.05) is 25.2 Å². The number of nitrogens with zero attached hydrogens (tertiary/aromatic N) is 1. The van der Waals surface area contributed by atoms with E-state index in [1.54, 1.807) is 0 Å². The number of aryl methyl sites for hydroxylation is 2. The number of hydrogen-bond donors (Lipinski definition) is 0. The summed E-state index contributed by atoms with van der Waals surface area (Å²) in [5, 5.41) is 0. The lowest BCUT2D eigenvalue weighted by Crippen LogP contribution is -2.55. The van der Waals surface area contributed by atoms with Gasteiger partial charge in [-0.05, 0) is 30.9 Å². The number of rotatable bonds is 2. The number of ether oxygens (including phenoxy) is 2. The minimum absolute atomic E-state index is 0.329. The van der Waals surface area contributed by atoms with Gasteiger partial charge in [0.15, 0.2) is 5.41 Å². The zero-order valence-corrected chi connectivity index (χ0v) is 13.3. The smallest absolute Gasteiger partial charge is 0.325 e. The van der Waals surface area contributed by atoms with Gasteiger partial charge in [-0.3, -0.25) is 9.59 Å². The molecule has 22 heavy (non-hydrogen) atoms. The number of anilines is 1. The van der Waals surface area contributed by atoms with Crippen LogP contribution < -0.4 is 4.90 Å². The lowest BCUT2D eigenvalue weighted by atomic mass is 9.75. The Kier molecular flexibility index (Phi) is 3.59. The maximum Gasteiger partial charge on any atom is 0.325 e. The van der Waals surface area contributed by atoms with Crippen LogP contribution >= 0.6 is 0 Å². The Morgan fingerprint density at radius 2 is 1.77 bits per heavy atom. The Morgan fingerprint density at radius 3 is 2.41 bits per heavy atom. The first-order valence-electron chi connectivity index (χ1n) is 7.56. The molecule has 0 spiro atoms. The monoisotopic (exact) mass is 303 g/mol. The van der Waals surface area contributed by atoms with Crippen LogP contribution in [0.3, 0.4) is 0 Å². The molecule has 0 fully saturated rings. The second kappa shape index (κ2) is 5.30. The van der Waals surface area contributed by atoms with E-state index in [1.165, 1.54) is 25.5 Å². The molecule has 0 radical (unpaired) electrons. The maximum atomic E-state index is 12.4. The van der Waals surface area contributed by atoms with Crippen LogP contribution in [-0.2, 0) is 31.9 Å². The van der Waals surface area contributed by atoms with Crippen LogP contribution in [0.2, 0.25) is 0 Å². The first-order chi connectivity index (χ1) is 10.5. The summed E-state index contributed by atoms with van der Waals surface area (Å²) < 4.78 is 9.87. The highest BCUT2D eigenvalue weighted by Crippen LogP contribution is 2.43. The average molecular weight is 303 g/mol. The Hall–Kier alpha value is -2.04. The van der Waals surface area contributed by atoms with E-state index < -0.39 is 17.4 Å². The van der Waals surface area contributed by atoms with Gasteiger partial charge in [-0.25, -0.2) is 0 Å². The minimum Gasteiger partial charge on any atom is -0.468 e. The Labute approximate surface area is 130 Å². The molecule has 0 aliphatic carbocycles. The summed E-state index contributed by atoms with van der Waals surface area (Å²) in [4.78, 5) is 26.9. The van der Waals surface area contributed by atoms with Gasteiger partial charge in [-0.1, -0.05) is 17.7 Å². The fourth-order valence-corrected chi connectivity index (χ4v) is 3.85. The first-order valence-corrected chi connectivity index (χ1v) is 7.56. The van der Waals surface area contributed by atoms with Gasteiger partial charge >= 0.3 is 11.9 Å². The van der Waals surface area contributed by atoms with Crippen LogP contribution in [0.25, 0.3) is 0 Å². The van der Waals surface area contributed by atoms with Crippen molar-refractivity contribution in [1.82, 2.24) is 0 Å². The van der Waals surface area contributed by atoms with Crippen molar-refractivity contribution in [3.63, 3.8) is 0 Å². The predicted octanol–water partition coefficient (Wildman–Crippen LogP) is 1.64. The Bertz CT molecular complexity index is 622. The number of esters is 2. The van der Waals surface area contributed by atoms with Crippen LogP contribution in [0.4, 0.5) is 5.69 Å². The van der Waals surface area contributed by atoms with Gasteiger partial charge in [0.05, 0.1) is 14.2 Å². The third-order valence-corrected chi connectivity index (χ3v) is 4.71. The van der Waals surface area contributed by atoms with Crippen molar-refractivity contribution in [2.45, 2.75) is 26.2 Å². The van der Waals surface area contributed by atoms with Crippen LogP contribution in [-0.4, -0.2) is 39.2 Å². The molecule has 2 heterocycles. The molecule has 0 saturated heterocycles. The molecule has 5 heteroatoms. The van der Waals surface area contributed by atoms with Gasteiger partial charge in [-0.2, -0.15) is 0 Å². The van der Waals surface area contributed by atoms with Crippen molar-refractivity contribution >= 4 is 17.6 Å². The summed E-state index contributed by atoms with van der Waals surface area (Å²) in [7, 11) is 2.64. The molecule has 2 aliphatic rings. The van der Waals surface area contributed by atoms with Crippen LogP contribution in [0.1, 0.15) is 23.1 Å². The van der Waals surface area contributed by atoms with E-state index in [2.05, 4.69) is 17.0 Å². The molecule has 3 rings (SSSR count). The number of carbonyl (C=O) groups is 2. The molecule has 0 amide bonds. The summed E-state index contributed by atoms with van der Waals surface area (Å²) >= 11 is 0. The van der Waals surface area contributed by atoms with Crippen molar-refractivity contribution < 1.29 is 19.1 Å². The number of methoxy groups -OCH3 is 2. The van der Waals surface area contributed by atoms with Gasteiger partial charge < -0.3 is 14.4 Å². The van der Waals surface area contributed by atoms with Crippen molar-refractivity contribution in [2.24, 2.45) is 5.41 Å². The lowest BCUT2D eigenvalue weighted by Gasteiger charge is -2.44. The van der Waals surface area contributed by atoms with Gasteiger partial charge in [-0.15, -0.1) is 0 Å². The SMILES string of the molecule is COC(=O)C1(C(=O)OC)Cc2cc(C)cc3c2N(CCC3)C1. The topological polar surface area (TPSA) is 55.8 Å². The van der Waals surface area contributed by atoms with E-state index in [1.807, 2.05) is 6.92 Å². The zero-order valence-electron chi connectivity index (χ0n) is 13.3. The third kappa shape index (κ3) is 2.07. The molecule has 0 aromatic heterocycles. The van der Waals surface area contributed by atoms with Gasteiger partial charge in [0.1, 0.15) is 0 Å². The third-order valence-electron chi connectivity index (χ3n) is 4.71. The van der Waals surface area contributed by atoms with Gasteiger partial charge in [0.25, 0.3) is 0 Å². The zero-order chi connectivity index (χ0) is 15.9. The standard InChI is InChI=1S/C17H21NO4/c1-11-7-12-5-4-6-18-10-17(15(19)21-2,16(20)22-3)9-13(8-11)14(12)18/h7-8H,4-6,9-10H2,1-3H3. The summed E-state index contributed by atoms with van der Waals surface area (Å²) in [6.07, 6.45) is 2.41. The summed E-state index contributed by atoms with van der Waals surface area (Å²) in [6, 6.07) is 4.27. The van der Waals surface area contributed by atoms with Crippen molar-refractivity contribution in [3.8, 4) is 0 Å². The molecule has 0 atom stereocenters. The number of hydrogen-bond acceptors (Lipinski definition) is 5. The maximum absolute atomic E-state index is 12.4. The second-order valence-corrected chi connectivity index (χ2v) is 6.20. The minimum atomic E-state index is -1.26. The van der Waals surface area contributed by atoms with E-state index in [0.717, 1.165) is 30.5 Å². The number of carbonyl (C=O) groups excluding carboxylic acids is 2. The fourth-order valence-electron chi connectivity index (χ4n) is 3.85. The quantitative estimate of drug-likeness (QED) is 0.614.